The number of amides is 3. The van der Waals surface area contributed by atoms with Gasteiger partial charge in [-0.05, 0) is 61.4 Å². The van der Waals surface area contributed by atoms with Gasteiger partial charge in [-0.15, -0.1) is 0 Å². The molecule has 3 aromatic rings. The first-order chi connectivity index (χ1) is 15.5. The molecule has 8 nitrogen and oxygen atoms in total. The summed E-state index contributed by atoms with van der Waals surface area (Å²) in [7, 11) is 1.65. The Kier molecular flexibility index (Phi) is 6.44. The summed E-state index contributed by atoms with van der Waals surface area (Å²) < 4.78 is 18.3. The summed E-state index contributed by atoms with van der Waals surface area (Å²) in [5.41, 5.74) is 1.88. The van der Waals surface area contributed by atoms with Crippen molar-refractivity contribution in [2.24, 2.45) is 0 Å². The molecule has 166 valence electrons. The van der Waals surface area contributed by atoms with Gasteiger partial charge in [0.2, 0.25) is 0 Å². The first-order valence-electron chi connectivity index (χ1n) is 10.5. The molecule has 4 rings (SSSR count). The molecule has 9 heteroatoms. The lowest BCUT2D eigenvalue weighted by Gasteiger charge is -2.17. The molecule has 0 spiro atoms. The topological polar surface area (TPSA) is 91.6 Å². The number of nitrogens with one attached hydrogen (secondary N) is 1. The number of rotatable bonds is 6. The predicted molar refractivity (Wildman–Crippen MR) is 117 cm³/mol. The molecule has 0 aliphatic carbocycles. The van der Waals surface area contributed by atoms with Gasteiger partial charge >= 0.3 is 6.03 Å². The van der Waals surface area contributed by atoms with E-state index >= 15 is 0 Å². The Morgan fingerprint density at radius 2 is 1.78 bits per heavy atom. The highest BCUT2D eigenvalue weighted by atomic mass is 19.1. The van der Waals surface area contributed by atoms with Crippen LogP contribution < -0.4 is 5.32 Å². The van der Waals surface area contributed by atoms with Gasteiger partial charge in [0.1, 0.15) is 5.82 Å². The summed E-state index contributed by atoms with van der Waals surface area (Å²) in [6.45, 7) is 1.99. The lowest BCUT2D eigenvalue weighted by molar-refractivity contribution is 0.0793. The smallest absolute Gasteiger partial charge is 0.321 e. The van der Waals surface area contributed by atoms with Gasteiger partial charge in [0.15, 0.2) is 5.82 Å². The maximum absolute atomic E-state index is 13.0. The number of carbonyl (C=O) groups is 2. The van der Waals surface area contributed by atoms with Crippen LogP contribution in [-0.2, 0) is 6.42 Å². The number of likely N-dealkylation sites (N-methyl/N-ethyl adjacent to an activating group) is 1. The predicted octanol–water partition coefficient (Wildman–Crippen LogP) is 3.82. The monoisotopic (exact) mass is 437 g/mol. The van der Waals surface area contributed by atoms with E-state index in [1.165, 1.54) is 29.2 Å². The van der Waals surface area contributed by atoms with Crippen LogP contribution in [0.5, 0.6) is 0 Å². The number of carbonyl (C=O) groups excluding carboxylic acids is 2. The van der Waals surface area contributed by atoms with Crippen molar-refractivity contribution in [3.05, 3.63) is 65.7 Å². The zero-order valence-corrected chi connectivity index (χ0v) is 17.8. The van der Waals surface area contributed by atoms with Crippen LogP contribution >= 0.6 is 0 Å². The number of likely N-dealkylation sites (tertiary alicyclic amines) is 1. The largest absolute Gasteiger partial charge is 0.339 e. The number of aromatic nitrogens is 2. The van der Waals surface area contributed by atoms with E-state index in [0.29, 0.717) is 35.9 Å². The van der Waals surface area contributed by atoms with Gasteiger partial charge < -0.3 is 19.6 Å². The highest BCUT2D eigenvalue weighted by Crippen LogP contribution is 2.20. The van der Waals surface area contributed by atoms with E-state index in [1.54, 1.807) is 31.3 Å². The Morgan fingerprint density at radius 3 is 2.47 bits per heavy atom. The fourth-order valence-electron chi connectivity index (χ4n) is 3.45. The molecule has 2 aromatic carbocycles. The van der Waals surface area contributed by atoms with Crippen LogP contribution in [0.3, 0.4) is 0 Å². The maximum Gasteiger partial charge on any atom is 0.321 e. The molecule has 1 aliphatic heterocycles. The molecule has 1 fully saturated rings. The molecule has 3 amide bonds. The van der Waals surface area contributed by atoms with E-state index in [0.717, 1.165) is 31.5 Å². The van der Waals surface area contributed by atoms with Crippen molar-refractivity contribution in [1.29, 1.82) is 0 Å². The van der Waals surface area contributed by atoms with Gasteiger partial charge in [-0.25, -0.2) is 9.18 Å². The summed E-state index contributed by atoms with van der Waals surface area (Å²) in [4.78, 5) is 32.4. The number of hydrogen-bond donors (Lipinski definition) is 1. The Balaban J connectivity index is 1.31. The quantitative estimate of drug-likeness (QED) is 0.633. The lowest BCUT2D eigenvalue weighted by atomic mass is 10.1. The SMILES string of the molecule is CN(CCc1noc(-c2ccc(C(=O)N3CCCC3)cc2)n1)C(=O)Nc1ccc(F)cc1. The third-order valence-corrected chi connectivity index (χ3v) is 5.35. The van der Waals surface area contributed by atoms with Crippen molar-refractivity contribution in [3.63, 3.8) is 0 Å². The first kappa shape index (κ1) is 21.5. The zero-order chi connectivity index (χ0) is 22.5. The summed E-state index contributed by atoms with van der Waals surface area (Å²) in [5.74, 6) is 0.511. The van der Waals surface area contributed by atoms with E-state index in [2.05, 4.69) is 15.5 Å². The molecule has 0 bridgehead atoms. The van der Waals surface area contributed by atoms with Gasteiger partial charge in [-0.1, -0.05) is 5.16 Å². The summed E-state index contributed by atoms with van der Waals surface area (Å²) >= 11 is 0. The van der Waals surface area contributed by atoms with Crippen molar-refractivity contribution < 1.29 is 18.5 Å². The molecular weight excluding hydrogens is 413 g/mol. The van der Waals surface area contributed by atoms with Gasteiger partial charge in [-0.2, -0.15) is 4.98 Å². The summed E-state index contributed by atoms with van der Waals surface area (Å²) in [5, 5.41) is 6.67. The summed E-state index contributed by atoms with van der Waals surface area (Å²) in [6.07, 6.45) is 2.51. The maximum atomic E-state index is 13.0. The van der Waals surface area contributed by atoms with E-state index < -0.39 is 0 Å². The van der Waals surface area contributed by atoms with Crippen molar-refractivity contribution in [3.8, 4) is 11.5 Å². The number of halogens is 1. The molecule has 2 heterocycles. The fraction of sp³-hybridized carbons (Fsp3) is 0.304. The highest BCUT2D eigenvalue weighted by molar-refractivity contribution is 5.94. The lowest BCUT2D eigenvalue weighted by Crippen LogP contribution is -2.33. The fourth-order valence-corrected chi connectivity index (χ4v) is 3.45. The van der Waals surface area contributed by atoms with E-state index in [-0.39, 0.29) is 17.8 Å². The molecule has 0 radical (unpaired) electrons. The van der Waals surface area contributed by atoms with Crippen molar-refractivity contribution >= 4 is 17.6 Å². The van der Waals surface area contributed by atoms with Crippen LogP contribution in [0, 0.1) is 5.82 Å². The Hall–Kier alpha value is -3.75. The third kappa shape index (κ3) is 5.11. The van der Waals surface area contributed by atoms with Gasteiger partial charge in [0.25, 0.3) is 11.8 Å². The van der Waals surface area contributed by atoms with Crippen LogP contribution in [0.25, 0.3) is 11.5 Å². The van der Waals surface area contributed by atoms with Crippen LogP contribution in [0.1, 0.15) is 29.0 Å². The molecule has 0 atom stereocenters. The van der Waals surface area contributed by atoms with Crippen molar-refractivity contribution in [1.82, 2.24) is 19.9 Å². The van der Waals surface area contributed by atoms with Gasteiger partial charge in [0, 0.05) is 49.9 Å². The number of benzene rings is 2. The number of nitrogens with zero attached hydrogens (tertiary/aromatic N) is 4. The zero-order valence-electron chi connectivity index (χ0n) is 17.8. The van der Waals surface area contributed by atoms with Crippen LogP contribution in [0.15, 0.2) is 53.1 Å². The minimum absolute atomic E-state index is 0.0437. The van der Waals surface area contributed by atoms with Crippen LogP contribution in [0.2, 0.25) is 0 Å². The standard InChI is InChI=1S/C23H24FN5O3/c1-28(23(31)25-19-10-8-18(24)9-11-19)15-12-20-26-21(32-27-20)16-4-6-17(7-5-16)22(30)29-13-2-3-14-29/h4-11H,2-3,12-15H2,1H3,(H,25,31). The summed E-state index contributed by atoms with van der Waals surface area (Å²) in [6, 6.07) is 12.4. The van der Waals surface area contributed by atoms with Crippen LogP contribution in [-0.4, -0.2) is 58.6 Å². The average Bonchev–Trinajstić information content (AvgIpc) is 3.51. The Labute approximate surface area is 185 Å². The second-order valence-electron chi connectivity index (χ2n) is 7.70. The van der Waals surface area contributed by atoms with E-state index in [9.17, 15) is 14.0 Å². The highest BCUT2D eigenvalue weighted by Gasteiger charge is 2.20. The molecule has 1 saturated heterocycles. The van der Waals surface area contributed by atoms with Crippen LogP contribution in [0.4, 0.5) is 14.9 Å². The molecule has 32 heavy (non-hydrogen) atoms. The minimum Gasteiger partial charge on any atom is -0.339 e. The number of hydrogen-bond acceptors (Lipinski definition) is 5. The minimum atomic E-state index is -0.364. The second kappa shape index (κ2) is 9.59. The molecular formula is C23H24FN5O3. The third-order valence-electron chi connectivity index (χ3n) is 5.35. The molecule has 1 aliphatic rings. The van der Waals surface area contributed by atoms with Crippen molar-refractivity contribution in [2.45, 2.75) is 19.3 Å². The Bertz CT molecular complexity index is 1080. The number of urea groups is 1. The van der Waals surface area contributed by atoms with E-state index in [1.807, 2.05) is 4.90 Å². The Morgan fingerprint density at radius 1 is 1.09 bits per heavy atom. The molecule has 0 unspecified atom stereocenters. The molecule has 0 saturated carbocycles. The van der Waals surface area contributed by atoms with Gasteiger partial charge in [0.05, 0.1) is 0 Å². The first-order valence-corrected chi connectivity index (χ1v) is 10.5. The number of anilines is 1. The second-order valence-corrected chi connectivity index (χ2v) is 7.70. The van der Waals surface area contributed by atoms with Crippen molar-refractivity contribution in [2.75, 3.05) is 32.0 Å². The average molecular weight is 437 g/mol. The van der Waals surface area contributed by atoms with Gasteiger partial charge in [-0.3, -0.25) is 4.79 Å². The normalized spacial score (nSPS) is 13.2. The molecule has 1 aromatic heterocycles. The van der Waals surface area contributed by atoms with E-state index in [4.69, 9.17) is 4.52 Å². The molecule has 1 N–H and O–H groups in total.